The highest BCUT2D eigenvalue weighted by Crippen LogP contribution is 2.22. The fraction of sp³-hybridized carbons (Fsp3) is 0.214. The van der Waals surface area contributed by atoms with Crippen LogP contribution in [0.15, 0.2) is 59.7 Å². The Morgan fingerprint density at radius 1 is 0.833 bits per heavy atom. The van der Waals surface area contributed by atoms with E-state index in [-0.39, 0.29) is 12.5 Å². The molecule has 0 heterocycles. The van der Waals surface area contributed by atoms with E-state index < -0.39 is 11.8 Å². The van der Waals surface area contributed by atoms with Gasteiger partial charge in [0.05, 0.1) is 6.21 Å². The fourth-order valence-electron chi connectivity index (χ4n) is 3.67. The molecular formula is C28H30N4O4. The van der Waals surface area contributed by atoms with Crippen molar-refractivity contribution in [3.05, 3.63) is 88.0 Å². The van der Waals surface area contributed by atoms with Crippen molar-refractivity contribution in [3.63, 3.8) is 0 Å². The van der Waals surface area contributed by atoms with Gasteiger partial charge in [0.15, 0.2) is 6.61 Å². The summed E-state index contributed by atoms with van der Waals surface area (Å²) in [6.45, 7) is 9.53. The first-order valence-corrected chi connectivity index (χ1v) is 11.4. The number of carbonyl (C=O) groups is 3. The lowest BCUT2D eigenvalue weighted by atomic mass is 10.1. The molecule has 3 aromatic carbocycles. The van der Waals surface area contributed by atoms with Crippen LogP contribution in [0, 0.1) is 34.6 Å². The molecule has 0 fully saturated rings. The second-order valence-corrected chi connectivity index (χ2v) is 8.58. The van der Waals surface area contributed by atoms with E-state index in [0.717, 1.165) is 33.5 Å². The zero-order chi connectivity index (χ0) is 26.2. The van der Waals surface area contributed by atoms with E-state index in [9.17, 15) is 14.4 Å². The topological polar surface area (TPSA) is 109 Å². The Labute approximate surface area is 210 Å². The normalized spacial score (nSPS) is 10.7. The molecular weight excluding hydrogens is 456 g/mol. The molecule has 0 unspecified atom stereocenters. The van der Waals surface area contributed by atoms with E-state index in [1.807, 2.05) is 52.8 Å². The van der Waals surface area contributed by atoms with Crippen LogP contribution >= 0.6 is 0 Å². The number of carbonyl (C=O) groups excluding carboxylic acids is 3. The summed E-state index contributed by atoms with van der Waals surface area (Å²) in [6, 6.07) is 16.3. The number of hydrogen-bond acceptors (Lipinski definition) is 5. The summed E-state index contributed by atoms with van der Waals surface area (Å²) in [5.41, 5.74) is 9.19. The van der Waals surface area contributed by atoms with E-state index >= 15 is 0 Å². The van der Waals surface area contributed by atoms with Gasteiger partial charge in [-0.15, -0.1) is 0 Å². The molecule has 0 saturated carbocycles. The first-order chi connectivity index (χ1) is 17.1. The van der Waals surface area contributed by atoms with Gasteiger partial charge in [0, 0.05) is 11.4 Å². The molecule has 0 aliphatic heterocycles. The zero-order valence-electron chi connectivity index (χ0n) is 21.1. The molecule has 3 amide bonds. The number of aryl methyl sites for hydroxylation is 4. The van der Waals surface area contributed by atoms with Gasteiger partial charge in [-0.05, 0) is 80.6 Å². The van der Waals surface area contributed by atoms with E-state index in [4.69, 9.17) is 4.74 Å². The van der Waals surface area contributed by atoms with E-state index in [2.05, 4.69) is 21.2 Å². The number of ether oxygens (including phenoxy) is 1. The molecule has 3 rings (SSSR count). The zero-order valence-corrected chi connectivity index (χ0v) is 21.1. The number of hydrogen-bond donors (Lipinski definition) is 3. The maximum absolute atomic E-state index is 12.4. The van der Waals surface area contributed by atoms with Gasteiger partial charge in [-0.25, -0.2) is 5.43 Å². The summed E-state index contributed by atoms with van der Waals surface area (Å²) in [6.07, 6.45) is 1.38. The molecule has 0 aliphatic rings. The highest BCUT2D eigenvalue weighted by atomic mass is 16.5. The largest absolute Gasteiger partial charge is 0.484 e. The van der Waals surface area contributed by atoms with Crippen LogP contribution in [-0.2, 0) is 14.4 Å². The van der Waals surface area contributed by atoms with Crippen molar-refractivity contribution in [1.29, 1.82) is 0 Å². The standard InChI is InChI=1S/C28H30N4O4/c1-17-12-19(3)26(20(4)13-17)31-25(33)16-36-23-10-7-9-22(14-23)15-29-32-28(35)27(34)30-24-11-6-8-18(2)21(24)5/h6-15H,16H2,1-5H3,(H,30,34)(H,31,33)(H,32,35)/b29-15-. The average molecular weight is 487 g/mol. The number of nitrogens with zero attached hydrogens (tertiary/aromatic N) is 1. The van der Waals surface area contributed by atoms with Crippen molar-refractivity contribution in [2.45, 2.75) is 34.6 Å². The summed E-state index contributed by atoms with van der Waals surface area (Å²) < 4.78 is 5.61. The molecule has 0 spiro atoms. The number of rotatable bonds is 7. The van der Waals surface area contributed by atoms with Crippen LogP contribution in [0.5, 0.6) is 5.75 Å². The molecule has 0 radical (unpaired) electrons. The van der Waals surface area contributed by atoms with Gasteiger partial charge in [0.2, 0.25) is 0 Å². The average Bonchev–Trinajstić information content (AvgIpc) is 2.83. The van der Waals surface area contributed by atoms with Gasteiger partial charge in [0.25, 0.3) is 5.91 Å². The lowest BCUT2D eigenvalue weighted by Gasteiger charge is -2.13. The lowest BCUT2D eigenvalue weighted by molar-refractivity contribution is -0.136. The number of anilines is 2. The molecule has 8 heteroatoms. The minimum atomic E-state index is -0.891. The van der Waals surface area contributed by atoms with Crippen LogP contribution in [0.3, 0.4) is 0 Å². The van der Waals surface area contributed by atoms with Crippen molar-refractivity contribution in [2.75, 3.05) is 17.2 Å². The Morgan fingerprint density at radius 3 is 2.25 bits per heavy atom. The summed E-state index contributed by atoms with van der Waals surface area (Å²) >= 11 is 0. The van der Waals surface area contributed by atoms with Crippen LogP contribution in [0.4, 0.5) is 11.4 Å². The Hall–Kier alpha value is -4.46. The third-order valence-corrected chi connectivity index (χ3v) is 5.61. The van der Waals surface area contributed by atoms with Crippen LogP contribution in [0.1, 0.15) is 33.4 Å². The Balaban J connectivity index is 1.52. The van der Waals surface area contributed by atoms with Crippen LogP contribution < -0.4 is 20.8 Å². The summed E-state index contributed by atoms with van der Waals surface area (Å²) in [7, 11) is 0. The van der Waals surface area contributed by atoms with Crippen molar-refractivity contribution in [1.82, 2.24) is 5.43 Å². The van der Waals surface area contributed by atoms with Gasteiger partial charge in [-0.1, -0.05) is 42.0 Å². The van der Waals surface area contributed by atoms with Gasteiger partial charge in [0.1, 0.15) is 5.75 Å². The van der Waals surface area contributed by atoms with Crippen molar-refractivity contribution >= 4 is 35.3 Å². The predicted molar refractivity (Wildman–Crippen MR) is 142 cm³/mol. The predicted octanol–water partition coefficient (Wildman–Crippen LogP) is 4.34. The fourth-order valence-corrected chi connectivity index (χ4v) is 3.67. The van der Waals surface area contributed by atoms with E-state index in [1.54, 1.807) is 36.4 Å². The second kappa shape index (κ2) is 11.8. The summed E-state index contributed by atoms with van der Waals surface area (Å²) in [5.74, 6) is -1.52. The first-order valence-electron chi connectivity index (χ1n) is 11.4. The number of hydrazone groups is 1. The highest BCUT2D eigenvalue weighted by molar-refractivity contribution is 6.39. The summed E-state index contributed by atoms with van der Waals surface area (Å²) in [5, 5.41) is 9.32. The molecule has 0 bridgehead atoms. The lowest BCUT2D eigenvalue weighted by Crippen LogP contribution is -2.32. The second-order valence-electron chi connectivity index (χ2n) is 8.58. The summed E-state index contributed by atoms with van der Waals surface area (Å²) in [4.78, 5) is 36.6. The van der Waals surface area contributed by atoms with Gasteiger partial charge >= 0.3 is 11.8 Å². The van der Waals surface area contributed by atoms with Crippen LogP contribution in [0.25, 0.3) is 0 Å². The third kappa shape index (κ3) is 7.02. The molecule has 0 aliphatic carbocycles. The van der Waals surface area contributed by atoms with Crippen LogP contribution in [0.2, 0.25) is 0 Å². The van der Waals surface area contributed by atoms with Gasteiger partial charge in [-0.3, -0.25) is 14.4 Å². The SMILES string of the molecule is Cc1cc(C)c(NC(=O)COc2cccc(/C=N\NC(=O)C(=O)Nc3cccc(C)c3C)c2)c(C)c1. The molecule has 3 aromatic rings. The first kappa shape index (κ1) is 26.2. The molecule has 8 nitrogen and oxygen atoms in total. The number of benzene rings is 3. The third-order valence-electron chi connectivity index (χ3n) is 5.61. The van der Waals surface area contributed by atoms with Crippen molar-refractivity contribution in [2.24, 2.45) is 5.10 Å². The maximum atomic E-state index is 12.4. The number of amides is 3. The monoisotopic (exact) mass is 486 g/mol. The maximum Gasteiger partial charge on any atom is 0.329 e. The smallest absolute Gasteiger partial charge is 0.329 e. The molecule has 0 aromatic heterocycles. The van der Waals surface area contributed by atoms with Crippen molar-refractivity contribution in [3.8, 4) is 5.75 Å². The minimum Gasteiger partial charge on any atom is -0.484 e. The highest BCUT2D eigenvalue weighted by Gasteiger charge is 2.14. The molecule has 186 valence electrons. The quantitative estimate of drug-likeness (QED) is 0.262. The molecule has 3 N–H and O–H groups in total. The van der Waals surface area contributed by atoms with Crippen molar-refractivity contribution < 1.29 is 19.1 Å². The molecule has 0 atom stereocenters. The molecule has 0 saturated heterocycles. The number of nitrogens with one attached hydrogen (secondary N) is 3. The minimum absolute atomic E-state index is 0.164. The Bertz CT molecular complexity index is 1310. The molecule has 36 heavy (non-hydrogen) atoms. The van der Waals surface area contributed by atoms with Crippen LogP contribution in [-0.4, -0.2) is 30.5 Å². The Morgan fingerprint density at radius 2 is 1.53 bits per heavy atom. The van der Waals surface area contributed by atoms with E-state index in [1.165, 1.54) is 6.21 Å². The Kier molecular flexibility index (Phi) is 8.57. The van der Waals surface area contributed by atoms with Gasteiger partial charge < -0.3 is 15.4 Å². The van der Waals surface area contributed by atoms with Gasteiger partial charge in [-0.2, -0.15) is 5.10 Å². The van der Waals surface area contributed by atoms with E-state index in [0.29, 0.717) is 17.0 Å².